The smallest absolute Gasteiger partial charge is 0.387 e. The molecule has 0 aliphatic carbocycles. The van der Waals surface area contributed by atoms with Gasteiger partial charge < -0.3 is 14.5 Å². The summed E-state index contributed by atoms with van der Waals surface area (Å²) in [5.41, 5.74) is 4.03. The van der Waals surface area contributed by atoms with Crippen LogP contribution < -0.4 is 10.1 Å². The van der Waals surface area contributed by atoms with Gasteiger partial charge in [0.1, 0.15) is 17.5 Å². The fourth-order valence-corrected chi connectivity index (χ4v) is 3.09. The van der Waals surface area contributed by atoms with Gasteiger partial charge in [-0.1, -0.05) is 6.07 Å². The normalized spacial score (nSPS) is 11.1. The van der Waals surface area contributed by atoms with E-state index in [1.165, 1.54) is 18.3 Å². The number of nitriles is 1. The lowest BCUT2D eigenvalue weighted by atomic mass is 10.1. The Balaban J connectivity index is 1.71. The highest BCUT2D eigenvalue weighted by Gasteiger charge is 2.13. The average molecular weight is 379 g/mol. The predicted molar refractivity (Wildman–Crippen MR) is 100 cm³/mol. The van der Waals surface area contributed by atoms with Crippen molar-refractivity contribution in [2.75, 3.05) is 5.32 Å². The molecule has 4 aromatic rings. The number of alkyl halides is 2. The third-order valence-corrected chi connectivity index (χ3v) is 4.38. The average Bonchev–Trinajstić information content (AvgIpc) is 3.10. The summed E-state index contributed by atoms with van der Waals surface area (Å²) in [4.78, 5) is 8.77. The Morgan fingerprint density at radius 1 is 1.29 bits per heavy atom. The molecule has 0 radical (unpaired) electrons. The van der Waals surface area contributed by atoms with E-state index in [2.05, 4.69) is 26.1 Å². The summed E-state index contributed by atoms with van der Waals surface area (Å²) < 4.78 is 31.6. The van der Waals surface area contributed by atoms with Gasteiger partial charge in [-0.2, -0.15) is 14.0 Å². The summed E-state index contributed by atoms with van der Waals surface area (Å²) in [6.07, 6.45) is 3.37. The van der Waals surface area contributed by atoms with E-state index < -0.39 is 6.61 Å². The van der Waals surface area contributed by atoms with Crippen molar-refractivity contribution in [3.63, 3.8) is 0 Å². The predicted octanol–water partition coefficient (Wildman–Crippen LogP) is 4.28. The zero-order valence-corrected chi connectivity index (χ0v) is 14.9. The largest absolute Gasteiger partial charge is 0.435 e. The number of pyridine rings is 2. The third kappa shape index (κ3) is 3.30. The first-order chi connectivity index (χ1) is 13.5. The first-order valence-electron chi connectivity index (χ1n) is 8.50. The maximum absolute atomic E-state index is 12.6. The van der Waals surface area contributed by atoms with Crippen LogP contribution in [-0.2, 0) is 6.54 Å². The summed E-state index contributed by atoms with van der Waals surface area (Å²) >= 11 is 0. The number of aryl methyl sites for hydroxylation is 1. The van der Waals surface area contributed by atoms with E-state index in [1.807, 2.05) is 35.7 Å². The minimum atomic E-state index is -2.93. The van der Waals surface area contributed by atoms with E-state index >= 15 is 0 Å². The van der Waals surface area contributed by atoms with Crippen molar-refractivity contribution in [3.8, 4) is 11.8 Å². The van der Waals surface area contributed by atoms with Crippen molar-refractivity contribution < 1.29 is 13.5 Å². The van der Waals surface area contributed by atoms with E-state index in [4.69, 9.17) is 0 Å². The molecule has 0 aliphatic heterocycles. The fraction of sp³-hybridized carbons (Fsp3) is 0.150. The Morgan fingerprint density at radius 2 is 2.14 bits per heavy atom. The molecule has 1 N–H and O–H groups in total. The standard InChI is InChI=1S/C20H15F2N5O/c1-12-3-2-4-18-26-14(11-27(12)18)10-25-19-13(8-23)9-24-17-6-5-15(7-16(17)19)28-20(21)22/h2-7,9,11,20H,10H2,1H3,(H,24,25). The number of ether oxygens (including phenoxy) is 1. The van der Waals surface area contributed by atoms with E-state index in [0.29, 0.717) is 28.7 Å². The second kappa shape index (κ2) is 7.12. The highest BCUT2D eigenvalue weighted by atomic mass is 19.3. The van der Waals surface area contributed by atoms with Crippen molar-refractivity contribution in [1.29, 1.82) is 5.26 Å². The molecule has 0 aliphatic rings. The minimum Gasteiger partial charge on any atom is -0.435 e. The summed E-state index contributed by atoms with van der Waals surface area (Å²) in [6, 6.07) is 12.4. The molecule has 0 bridgehead atoms. The number of nitrogens with zero attached hydrogens (tertiary/aromatic N) is 4. The van der Waals surface area contributed by atoms with Crippen LogP contribution in [0.5, 0.6) is 5.75 Å². The number of hydrogen-bond donors (Lipinski definition) is 1. The molecule has 0 fully saturated rings. The summed E-state index contributed by atoms with van der Waals surface area (Å²) in [7, 11) is 0. The second-order valence-electron chi connectivity index (χ2n) is 6.20. The number of aromatic nitrogens is 3. The number of imidazole rings is 1. The molecule has 3 aromatic heterocycles. The van der Waals surface area contributed by atoms with E-state index in [1.54, 1.807) is 6.07 Å². The number of halogens is 2. The molecule has 140 valence electrons. The van der Waals surface area contributed by atoms with Gasteiger partial charge in [0.15, 0.2) is 0 Å². The highest BCUT2D eigenvalue weighted by Crippen LogP contribution is 2.30. The maximum Gasteiger partial charge on any atom is 0.387 e. The van der Waals surface area contributed by atoms with Gasteiger partial charge in [0, 0.05) is 23.5 Å². The first-order valence-corrected chi connectivity index (χ1v) is 8.50. The number of rotatable bonds is 5. The van der Waals surface area contributed by atoms with Crippen LogP contribution in [0.2, 0.25) is 0 Å². The molecule has 0 unspecified atom stereocenters. The lowest BCUT2D eigenvalue weighted by Gasteiger charge is -2.12. The van der Waals surface area contributed by atoms with Gasteiger partial charge in [-0.15, -0.1) is 0 Å². The quantitative estimate of drug-likeness (QED) is 0.560. The van der Waals surface area contributed by atoms with Gasteiger partial charge in [-0.3, -0.25) is 4.98 Å². The zero-order valence-electron chi connectivity index (χ0n) is 14.9. The number of fused-ring (bicyclic) bond motifs is 2. The molecule has 28 heavy (non-hydrogen) atoms. The van der Waals surface area contributed by atoms with Crippen LogP contribution in [0.4, 0.5) is 14.5 Å². The summed E-state index contributed by atoms with van der Waals surface area (Å²) in [5, 5.41) is 13.2. The lowest BCUT2D eigenvalue weighted by molar-refractivity contribution is -0.0497. The highest BCUT2D eigenvalue weighted by molar-refractivity contribution is 5.94. The van der Waals surface area contributed by atoms with Crippen molar-refractivity contribution >= 4 is 22.2 Å². The van der Waals surface area contributed by atoms with Crippen molar-refractivity contribution in [1.82, 2.24) is 14.4 Å². The molecule has 0 spiro atoms. The van der Waals surface area contributed by atoms with Gasteiger partial charge in [-0.05, 0) is 37.3 Å². The Kier molecular flexibility index (Phi) is 4.49. The molecule has 0 amide bonds. The molecule has 3 heterocycles. The SMILES string of the molecule is Cc1cccc2nc(CNc3c(C#N)cnc4ccc(OC(F)F)cc34)cn12. The topological polar surface area (TPSA) is 75.2 Å². The van der Waals surface area contributed by atoms with Crippen molar-refractivity contribution in [2.45, 2.75) is 20.1 Å². The van der Waals surface area contributed by atoms with Gasteiger partial charge in [0.2, 0.25) is 0 Å². The van der Waals surface area contributed by atoms with Gasteiger partial charge in [0.05, 0.1) is 29.0 Å². The molecule has 0 saturated heterocycles. The first kappa shape index (κ1) is 17.7. The molecule has 4 rings (SSSR count). The number of anilines is 1. The van der Waals surface area contributed by atoms with Crippen LogP contribution in [0.3, 0.4) is 0 Å². The van der Waals surface area contributed by atoms with Crippen LogP contribution in [0.15, 0.2) is 48.8 Å². The van der Waals surface area contributed by atoms with E-state index in [-0.39, 0.29) is 5.75 Å². The molecule has 0 atom stereocenters. The van der Waals surface area contributed by atoms with Crippen molar-refractivity contribution in [2.24, 2.45) is 0 Å². The second-order valence-corrected chi connectivity index (χ2v) is 6.20. The van der Waals surface area contributed by atoms with Crippen LogP contribution in [0.25, 0.3) is 16.6 Å². The summed E-state index contributed by atoms with van der Waals surface area (Å²) in [5.74, 6) is 0.00537. The number of nitrogens with one attached hydrogen (secondary N) is 1. The molecular weight excluding hydrogens is 364 g/mol. The lowest BCUT2D eigenvalue weighted by Crippen LogP contribution is -2.04. The fourth-order valence-electron chi connectivity index (χ4n) is 3.09. The Hall–Kier alpha value is -3.73. The molecular formula is C20H15F2N5O. The summed E-state index contributed by atoms with van der Waals surface area (Å²) in [6.45, 7) is -0.586. The van der Waals surface area contributed by atoms with Gasteiger partial charge in [-0.25, -0.2) is 4.98 Å². The van der Waals surface area contributed by atoms with E-state index in [0.717, 1.165) is 17.0 Å². The number of hydrogen-bond acceptors (Lipinski definition) is 5. The van der Waals surface area contributed by atoms with Crippen molar-refractivity contribution in [3.05, 3.63) is 65.7 Å². The van der Waals surface area contributed by atoms with Crippen LogP contribution in [-0.4, -0.2) is 21.0 Å². The molecule has 8 heteroatoms. The Bertz CT molecular complexity index is 1210. The van der Waals surface area contributed by atoms with Gasteiger partial charge >= 0.3 is 6.61 Å². The Labute approximate surface area is 159 Å². The van der Waals surface area contributed by atoms with Crippen LogP contribution >= 0.6 is 0 Å². The van der Waals surface area contributed by atoms with Crippen LogP contribution in [0, 0.1) is 18.3 Å². The maximum atomic E-state index is 12.6. The number of benzene rings is 1. The van der Waals surface area contributed by atoms with E-state index in [9.17, 15) is 14.0 Å². The van der Waals surface area contributed by atoms with Gasteiger partial charge in [0.25, 0.3) is 0 Å². The zero-order chi connectivity index (χ0) is 19.7. The molecule has 0 saturated carbocycles. The minimum absolute atomic E-state index is 0.00537. The monoisotopic (exact) mass is 379 g/mol. The Morgan fingerprint density at radius 3 is 2.89 bits per heavy atom. The molecule has 1 aromatic carbocycles. The van der Waals surface area contributed by atoms with Crippen LogP contribution in [0.1, 0.15) is 17.0 Å². The molecule has 6 nitrogen and oxygen atoms in total. The third-order valence-electron chi connectivity index (χ3n) is 4.38.